The van der Waals surface area contributed by atoms with E-state index in [1.165, 1.54) is 13.2 Å². The smallest absolute Gasteiger partial charge is 0.337 e. The molecule has 0 amide bonds. The van der Waals surface area contributed by atoms with Crippen LogP contribution in [0.25, 0.3) is 6.08 Å². The first kappa shape index (κ1) is 14.1. The monoisotopic (exact) mass is 248 g/mol. The highest BCUT2D eigenvalue weighted by Crippen LogP contribution is 2.20. The largest absolute Gasteiger partial charge is 0.465 e. The highest BCUT2D eigenvalue weighted by Gasteiger charge is 2.11. The number of carbonyl (C=O) groups is 2. The molecule has 0 heterocycles. The van der Waals surface area contributed by atoms with Crippen molar-refractivity contribution in [2.24, 2.45) is 0 Å². The quantitative estimate of drug-likeness (QED) is 0.487. The van der Waals surface area contributed by atoms with Crippen molar-refractivity contribution in [1.82, 2.24) is 0 Å². The summed E-state index contributed by atoms with van der Waals surface area (Å²) < 4.78 is 4.67. The van der Waals surface area contributed by atoms with E-state index in [1.807, 2.05) is 6.92 Å². The zero-order chi connectivity index (χ0) is 13.5. The number of carbonyl (C=O) groups excluding carboxylic acids is 2. The SMILES string of the molecule is COC(=O)c1cc(C)c(/C=C/C=O)c(CCO)c1. The number of esters is 1. The second-order valence-electron chi connectivity index (χ2n) is 3.83. The molecule has 4 heteroatoms. The first-order valence-corrected chi connectivity index (χ1v) is 5.58. The second kappa shape index (κ2) is 6.71. The van der Waals surface area contributed by atoms with E-state index in [0.29, 0.717) is 18.3 Å². The van der Waals surface area contributed by atoms with Gasteiger partial charge >= 0.3 is 5.97 Å². The Bertz CT molecular complexity index is 475. The zero-order valence-electron chi connectivity index (χ0n) is 10.5. The Morgan fingerprint density at radius 2 is 2.17 bits per heavy atom. The van der Waals surface area contributed by atoms with Crippen LogP contribution < -0.4 is 0 Å². The molecule has 0 saturated heterocycles. The van der Waals surface area contributed by atoms with Gasteiger partial charge in [-0.2, -0.15) is 0 Å². The number of aryl methyl sites for hydroxylation is 1. The minimum Gasteiger partial charge on any atom is -0.465 e. The maximum absolute atomic E-state index is 11.5. The number of allylic oxidation sites excluding steroid dienone is 1. The van der Waals surface area contributed by atoms with Crippen molar-refractivity contribution >= 4 is 18.3 Å². The van der Waals surface area contributed by atoms with E-state index in [-0.39, 0.29) is 6.61 Å². The maximum Gasteiger partial charge on any atom is 0.337 e. The molecule has 0 bridgehead atoms. The topological polar surface area (TPSA) is 63.6 Å². The number of hydrogen-bond acceptors (Lipinski definition) is 4. The highest BCUT2D eigenvalue weighted by molar-refractivity contribution is 5.90. The van der Waals surface area contributed by atoms with Crippen LogP contribution in [0.5, 0.6) is 0 Å². The summed E-state index contributed by atoms with van der Waals surface area (Å²) >= 11 is 0. The number of aldehydes is 1. The number of ether oxygens (including phenoxy) is 1. The summed E-state index contributed by atoms with van der Waals surface area (Å²) in [5.74, 6) is -0.414. The summed E-state index contributed by atoms with van der Waals surface area (Å²) in [5.41, 5.74) is 2.97. The molecular formula is C14H16O4. The lowest BCUT2D eigenvalue weighted by atomic mass is 9.96. The van der Waals surface area contributed by atoms with Crippen LogP contribution in [0.15, 0.2) is 18.2 Å². The number of rotatable bonds is 5. The van der Waals surface area contributed by atoms with Gasteiger partial charge in [-0.05, 0) is 48.2 Å². The van der Waals surface area contributed by atoms with Gasteiger partial charge in [-0.3, -0.25) is 4.79 Å². The number of aliphatic hydroxyl groups is 1. The molecule has 1 aromatic rings. The van der Waals surface area contributed by atoms with Crippen molar-refractivity contribution in [2.45, 2.75) is 13.3 Å². The molecule has 0 radical (unpaired) electrons. The first-order valence-electron chi connectivity index (χ1n) is 5.58. The number of hydrogen-bond donors (Lipinski definition) is 1. The second-order valence-corrected chi connectivity index (χ2v) is 3.83. The van der Waals surface area contributed by atoms with Crippen molar-refractivity contribution in [3.63, 3.8) is 0 Å². The molecule has 0 atom stereocenters. The summed E-state index contributed by atoms with van der Waals surface area (Å²) in [7, 11) is 1.32. The van der Waals surface area contributed by atoms with Crippen LogP contribution >= 0.6 is 0 Å². The Morgan fingerprint density at radius 1 is 1.44 bits per heavy atom. The average Bonchev–Trinajstić information content (AvgIpc) is 2.37. The van der Waals surface area contributed by atoms with Crippen molar-refractivity contribution in [3.05, 3.63) is 40.5 Å². The van der Waals surface area contributed by atoms with Crippen LogP contribution in [-0.2, 0) is 16.0 Å². The third kappa shape index (κ3) is 3.28. The number of aliphatic hydroxyl groups excluding tert-OH is 1. The lowest BCUT2D eigenvalue weighted by molar-refractivity contribution is -0.104. The summed E-state index contributed by atoms with van der Waals surface area (Å²) in [4.78, 5) is 21.9. The molecule has 0 aliphatic carbocycles. The molecule has 1 rings (SSSR count). The summed E-state index contributed by atoms with van der Waals surface area (Å²) in [6, 6.07) is 3.39. The Kier molecular flexibility index (Phi) is 5.27. The van der Waals surface area contributed by atoms with Gasteiger partial charge in [-0.1, -0.05) is 6.08 Å². The van der Waals surface area contributed by atoms with E-state index in [4.69, 9.17) is 5.11 Å². The van der Waals surface area contributed by atoms with Gasteiger partial charge in [0.1, 0.15) is 6.29 Å². The van der Waals surface area contributed by atoms with Crippen molar-refractivity contribution in [3.8, 4) is 0 Å². The zero-order valence-corrected chi connectivity index (χ0v) is 10.5. The van der Waals surface area contributed by atoms with Crippen molar-refractivity contribution in [2.75, 3.05) is 13.7 Å². The van der Waals surface area contributed by atoms with E-state index in [9.17, 15) is 9.59 Å². The summed E-state index contributed by atoms with van der Waals surface area (Å²) in [6.07, 6.45) is 4.18. The minimum absolute atomic E-state index is 0.0218. The fraction of sp³-hybridized carbons (Fsp3) is 0.286. The third-order valence-electron chi connectivity index (χ3n) is 2.62. The van der Waals surface area contributed by atoms with Crippen LogP contribution in [-0.4, -0.2) is 31.1 Å². The number of methoxy groups -OCH3 is 1. The number of benzene rings is 1. The van der Waals surface area contributed by atoms with Crippen LogP contribution in [0.4, 0.5) is 0 Å². The van der Waals surface area contributed by atoms with Crippen LogP contribution in [0, 0.1) is 6.92 Å². The molecule has 1 N–H and O–H groups in total. The fourth-order valence-electron chi connectivity index (χ4n) is 1.81. The van der Waals surface area contributed by atoms with Crippen LogP contribution in [0.1, 0.15) is 27.0 Å². The van der Waals surface area contributed by atoms with Crippen molar-refractivity contribution in [1.29, 1.82) is 0 Å². The molecule has 4 nitrogen and oxygen atoms in total. The predicted octanol–water partition coefficient (Wildman–Crippen LogP) is 1.53. The molecule has 0 aliphatic rings. The van der Waals surface area contributed by atoms with E-state index in [1.54, 1.807) is 18.2 Å². The van der Waals surface area contributed by atoms with Gasteiger partial charge in [0.25, 0.3) is 0 Å². The van der Waals surface area contributed by atoms with Crippen molar-refractivity contribution < 1.29 is 19.4 Å². The molecule has 96 valence electrons. The molecule has 0 saturated carbocycles. The van der Waals surface area contributed by atoms with E-state index < -0.39 is 5.97 Å². The Balaban J connectivity index is 3.29. The fourth-order valence-corrected chi connectivity index (χ4v) is 1.81. The molecule has 0 aromatic heterocycles. The third-order valence-corrected chi connectivity index (χ3v) is 2.62. The van der Waals surface area contributed by atoms with Gasteiger partial charge in [-0.15, -0.1) is 0 Å². The lowest BCUT2D eigenvalue weighted by Crippen LogP contribution is -2.05. The normalized spacial score (nSPS) is 10.6. The van der Waals surface area contributed by atoms with Crippen LogP contribution in [0.2, 0.25) is 0 Å². The van der Waals surface area contributed by atoms with Gasteiger partial charge < -0.3 is 9.84 Å². The van der Waals surface area contributed by atoms with Gasteiger partial charge in [0, 0.05) is 6.61 Å². The molecule has 0 aliphatic heterocycles. The van der Waals surface area contributed by atoms with E-state index in [2.05, 4.69) is 4.74 Å². The Morgan fingerprint density at radius 3 is 2.72 bits per heavy atom. The Labute approximate surface area is 106 Å². The average molecular weight is 248 g/mol. The summed E-state index contributed by atoms with van der Waals surface area (Å²) in [6.45, 7) is 1.82. The molecule has 1 aromatic carbocycles. The van der Waals surface area contributed by atoms with E-state index >= 15 is 0 Å². The molecule has 0 fully saturated rings. The molecule has 0 unspecified atom stereocenters. The Hall–Kier alpha value is -1.94. The van der Waals surface area contributed by atoms with E-state index in [0.717, 1.165) is 16.7 Å². The first-order chi connectivity index (χ1) is 8.63. The molecular weight excluding hydrogens is 232 g/mol. The predicted molar refractivity (Wildman–Crippen MR) is 68.4 cm³/mol. The standard InChI is InChI=1S/C14H16O4/c1-10-8-12(14(17)18-2)9-11(5-7-16)13(10)4-3-6-15/h3-4,6,8-9,16H,5,7H2,1-2H3/b4-3+. The minimum atomic E-state index is -0.414. The highest BCUT2D eigenvalue weighted by atomic mass is 16.5. The molecule has 18 heavy (non-hydrogen) atoms. The van der Waals surface area contributed by atoms with Crippen LogP contribution in [0.3, 0.4) is 0 Å². The van der Waals surface area contributed by atoms with Gasteiger partial charge in [-0.25, -0.2) is 4.79 Å². The summed E-state index contributed by atoms with van der Waals surface area (Å²) in [5, 5.41) is 9.04. The maximum atomic E-state index is 11.5. The lowest BCUT2D eigenvalue weighted by Gasteiger charge is -2.11. The van der Waals surface area contributed by atoms with Gasteiger partial charge in [0.05, 0.1) is 12.7 Å². The van der Waals surface area contributed by atoms with Gasteiger partial charge in [0.2, 0.25) is 0 Å². The molecule has 0 spiro atoms. The van der Waals surface area contributed by atoms with Gasteiger partial charge in [0.15, 0.2) is 0 Å².